The van der Waals surface area contributed by atoms with E-state index in [1.807, 2.05) is 10.7 Å². The van der Waals surface area contributed by atoms with Crippen LogP contribution < -0.4 is 0 Å². The monoisotopic (exact) mass is 322 g/mol. The molecule has 0 N–H and O–H groups in total. The summed E-state index contributed by atoms with van der Waals surface area (Å²) in [5.74, 6) is 0.00393. The smallest absolute Gasteiger partial charge is 0.214 e. The van der Waals surface area contributed by atoms with Gasteiger partial charge in [-0.25, -0.2) is 4.68 Å². The van der Waals surface area contributed by atoms with E-state index in [4.69, 9.17) is 11.6 Å². The van der Waals surface area contributed by atoms with Crippen LogP contribution in [0.4, 0.5) is 0 Å². The van der Waals surface area contributed by atoms with Crippen LogP contribution in [-0.2, 0) is 0 Å². The van der Waals surface area contributed by atoms with Gasteiger partial charge in [0.1, 0.15) is 0 Å². The lowest BCUT2D eigenvalue weighted by Crippen LogP contribution is -2.08. The Kier molecular flexibility index (Phi) is 4.26. The third-order valence-electron chi connectivity index (χ3n) is 3.67. The topological polar surface area (TPSA) is 60.7 Å². The molecule has 0 amide bonds. The van der Waals surface area contributed by atoms with Crippen molar-refractivity contribution in [3.63, 3.8) is 0 Å². The normalized spacial score (nSPS) is 15.5. The summed E-state index contributed by atoms with van der Waals surface area (Å²) in [6.45, 7) is 1.53. The van der Waals surface area contributed by atoms with E-state index < -0.39 is 0 Å². The second-order valence-electron chi connectivity index (χ2n) is 5.15. The van der Waals surface area contributed by atoms with E-state index in [2.05, 4.69) is 15.5 Å². The van der Waals surface area contributed by atoms with Gasteiger partial charge in [-0.1, -0.05) is 30.5 Å². The summed E-state index contributed by atoms with van der Waals surface area (Å²) in [5.41, 5.74) is 0.611. The van der Waals surface area contributed by atoms with Crippen LogP contribution in [0.5, 0.6) is 0 Å². The van der Waals surface area contributed by atoms with Crippen LogP contribution in [0.25, 0.3) is 0 Å². The second-order valence-corrected chi connectivity index (χ2v) is 6.56. The minimum atomic E-state index is 0.00393. The fourth-order valence-corrected chi connectivity index (χ4v) is 3.67. The van der Waals surface area contributed by atoms with Crippen molar-refractivity contribution in [1.82, 2.24) is 20.2 Å². The number of benzene rings is 1. The zero-order valence-electron chi connectivity index (χ0n) is 11.6. The molecule has 0 atom stereocenters. The highest BCUT2D eigenvalue weighted by Gasteiger charge is 2.22. The fraction of sp³-hybridized carbons (Fsp3) is 0.429. The molecule has 1 fully saturated rings. The lowest BCUT2D eigenvalue weighted by molar-refractivity contribution is 0.101. The van der Waals surface area contributed by atoms with Crippen molar-refractivity contribution in [2.24, 2.45) is 0 Å². The van der Waals surface area contributed by atoms with Crippen LogP contribution >= 0.6 is 23.4 Å². The third kappa shape index (κ3) is 3.11. The van der Waals surface area contributed by atoms with Crippen molar-refractivity contribution in [3.8, 4) is 0 Å². The number of halogens is 1. The van der Waals surface area contributed by atoms with Crippen molar-refractivity contribution >= 4 is 29.1 Å². The Balaban J connectivity index is 1.84. The molecule has 1 saturated carbocycles. The SMILES string of the molecule is CC(=O)c1ccc(Sc2nnnn2C2CCCC2)c(Cl)c1. The number of Topliss-reactive ketones (excluding diaryl/α,β-unsaturated/α-hetero) is 1. The molecular formula is C14H15ClN4OS. The van der Waals surface area contributed by atoms with Crippen molar-refractivity contribution in [2.45, 2.75) is 48.7 Å². The van der Waals surface area contributed by atoms with Crippen molar-refractivity contribution in [2.75, 3.05) is 0 Å². The lowest BCUT2D eigenvalue weighted by atomic mass is 10.1. The molecule has 1 aromatic carbocycles. The standard InChI is InChI=1S/C14H15ClN4OS/c1-9(20)10-6-7-13(12(15)8-10)21-14-16-17-18-19(14)11-4-2-3-5-11/h6-8,11H,2-5H2,1H3. The largest absolute Gasteiger partial charge is 0.295 e. The molecule has 1 heterocycles. The van der Waals surface area contributed by atoms with E-state index in [0.717, 1.165) is 22.9 Å². The first-order chi connectivity index (χ1) is 10.1. The lowest BCUT2D eigenvalue weighted by Gasteiger charge is -2.11. The zero-order chi connectivity index (χ0) is 14.8. The van der Waals surface area contributed by atoms with E-state index >= 15 is 0 Å². The van der Waals surface area contributed by atoms with Crippen molar-refractivity contribution in [3.05, 3.63) is 28.8 Å². The molecule has 1 aliphatic carbocycles. The van der Waals surface area contributed by atoms with Gasteiger partial charge in [-0.2, -0.15) is 0 Å². The predicted octanol–water partition coefficient (Wildman–Crippen LogP) is 3.80. The van der Waals surface area contributed by atoms with Gasteiger partial charge in [-0.05, 0) is 54.1 Å². The highest BCUT2D eigenvalue weighted by Crippen LogP contribution is 2.36. The highest BCUT2D eigenvalue weighted by molar-refractivity contribution is 7.99. The summed E-state index contributed by atoms with van der Waals surface area (Å²) in [7, 11) is 0. The third-order valence-corrected chi connectivity index (χ3v) is 5.12. The summed E-state index contributed by atoms with van der Waals surface area (Å²) >= 11 is 7.69. The number of hydrogen-bond acceptors (Lipinski definition) is 5. The molecule has 7 heteroatoms. The van der Waals surface area contributed by atoms with Crippen molar-refractivity contribution in [1.29, 1.82) is 0 Å². The van der Waals surface area contributed by atoms with Gasteiger partial charge in [0.25, 0.3) is 0 Å². The minimum absolute atomic E-state index is 0.00393. The Bertz CT molecular complexity index is 667. The summed E-state index contributed by atoms with van der Waals surface area (Å²) in [6.07, 6.45) is 4.69. The van der Waals surface area contributed by atoms with Gasteiger partial charge in [0.2, 0.25) is 5.16 Å². The molecule has 21 heavy (non-hydrogen) atoms. The maximum Gasteiger partial charge on any atom is 0.214 e. The highest BCUT2D eigenvalue weighted by atomic mass is 35.5. The number of aromatic nitrogens is 4. The number of ketones is 1. The quantitative estimate of drug-likeness (QED) is 0.801. The molecule has 3 rings (SSSR count). The molecule has 110 valence electrons. The fourth-order valence-electron chi connectivity index (χ4n) is 2.53. The van der Waals surface area contributed by atoms with E-state index in [1.54, 1.807) is 12.1 Å². The summed E-state index contributed by atoms with van der Waals surface area (Å²) in [4.78, 5) is 12.2. The van der Waals surface area contributed by atoms with Crippen LogP contribution in [0, 0.1) is 0 Å². The summed E-state index contributed by atoms with van der Waals surface area (Å²) in [6, 6.07) is 5.70. The number of rotatable bonds is 4. The van der Waals surface area contributed by atoms with Gasteiger partial charge in [-0.15, -0.1) is 5.10 Å². The first-order valence-electron chi connectivity index (χ1n) is 6.91. The number of carbonyl (C=O) groups excluding carboxylic acids is 1. The number of tetrazole rings is 1. The van der Waals surface area contributed by atoms with Crippen LogP contribution in [0.3, 0.4) is 0 Å². The van der Waals surface area contributed by atoms with Gasteiger partial charge in [0.05, 0.1) is 11.1 Å². The molecule has 0 aliphatic heterocycles. The Hall–Kier alpha value is -1.40. The minimum Gasteiger partial charge on any atom is -0.295 e. The number of hydrogen-bond donors (Lipinski definition) is 0. The van der Waals surface area contributed by atoms with Gasteiger partial charge in [0.15, 0.2) is 5.78 Å². The summed E-state index contributed by atoms with van der Waals surface area (Å²) < 4.78 is 1.90. The predicted molar refractivity (Wildman–Crippen MR) is 80.9 cm³/mol. The number of carbonyl (C=O) groups is 1. The Morgan fingerprint density at radius 3 is 2.81 bits per heavy atom. The number of nitrogens with zero attached hydrogens (tertiary/aromatic N) is 4. The average molecular weight is 323 g/mol. The van der Waals surface area contributed by atoms with Crippen LogP contribution in [0.2, 0.25) is 5.02 Å². The van der Waals surface area contributed by atoms with Gasteiger partial charge in [-0.3, -0.25) is 4.79 Å². The molecule has 1 aromatic heterocycles. The molecule has 0 unspecified atom stereocenters. The molecule has 0 radical (unpaired) electrons. The van der Waals surface area contributed by atoms with E-state index in [9.17, 15) is 4.79 Å². The second kappa shape index (κ2) is 6.15. The molecule has 1 aliphatic rings. The van der Waals surface area contributed by atoms with E-state index in [0.29, 0.717) is 16.6 Å². The van der Waals surface area contributed by atoms with E-state index in [1.165, 1.54) is 31.5 Å². The van der Waals surface area contributed by atoms with Crippen LogP contribution in [0.15, 0.2) is 28.3 Å². The van der Waals surface area contributed by atoms with Crippen LogP contribution in [-0.4, -0.2) is 26.0 Å². The van der Waals surface area contributed by atoms with E-state index in [-0.39, 0.29) is 5.78 Å². The molecular weight excluding hydrogens is 308 g/mol. The van der Waals surface area contributed by atoms with Crippen LogP contribution in [0.1, 0.15) is 49.0 Å². The molecule has 0 spiro atoms. The Morgan fingerprint density at radius 2 is 2.14 bits per heavy atom. The molecule has 0 bridgehead atoms. The Morgan fingerprint density at radius 1 is 1.38 bits per heavy atom. The molecule has 5 nitrogen and oxygen atoms in total. The Labute approximate surface area is 132 Å². The van der Waals surface area contributed by atoms with Gasteiger partial charge in [0, 0.05) is 10.5 Å². The van der Waals surface area contributed by atoms with Gasteiger partial charge < -0.3 is 0 Å². The first kappa shape index (κ1) is 14.5. The zero-order valence-corrected chi connectivity index (χ0v) is 13.2. The first-order valence-corrected chi connectivity index (χ1v) is 8.11. The molecule has 0 saturated heterocycles. The maximum atomic E-state index is 11.4. The average Bonchev–Trinajstić information content (AvgIpc) is 3.11. The molecule has 2 aromatic rings. The van der Waals surface area contributed by atoms with Gasteiger partial charge >= 0.3 is 0 Å². The van der Waals surface area contributed by atoms with Crippen molar-refractivity contribution < 1.29 is 4.79 Å². The maximum absolute atomic E-state index is 11.4. The summed E-state index contributed by atoms with van der Waals surface area (Å²) in [5, 5.41) is 13.3.